The predicted octanol–water partition coefficient (Wildman–Crippen LogP) is 1.64. The van der Waals surface area contributed by atoms with Gasteiger partial charge >= 0.3 is 0 Å². The third-order valence-electron chi connectivity index (χ3n) is 1.09. The number of rotatable bonds is 6. The van der Waals surface area contributed by atoms with Crippen LogP contribution in [0.5, 0.6) is 0 Å². The molecule has 0 rings (SSSR count). The van der Waals surface area contributed by atoms with E-state index in [9.17, 15) is 4.79 Å². The van der Waals surface area contributed by atoms with Crippen molar-refractivity contribution in [3.05, 3.63) is 0 Å². The molecule has 1 amide bonds. The Morgan fingerprint density at radius 1 is 1.64 bits per heavy atom. The van der Waals surface area contributed by atoms with E-state index in [0.29, 0.717) is 6.42 Å². The molecular formula is C7H14BrNOS. The number of halogens is 1. The fourth-order valence-corrected chi connectivity index (χ4v) is 1.48. The molecule has 0 saturated carbocycles. The van der Waals surface area contributed by atoms with Crippen molar-refractivity contribution < 1.29 is 4.79 Å². The van der Waals surface area contributed by atoms with Crippen LogP contribution >= 0.6 is 27.7 Å². The number of nitrogens with one attached hydrogen (secondary N) is 1. The van der Waals surface area contributed by atoms with Gasteiger partial charge in [0.25, 0.3) is 0 Å². The van der Waals surface area contributed by atoms with Crippen LogP contribution in [0.3, 0.4) is 0 Å². The smallest absolute Gasteiger partial charge is 0.220 e. The van der Waals surface area contributed by atoms with Crippen molar-refractivity contribution in [2.45, 2.75) is 13.3 Å². The van der Waals surface area contributed by atoms with E-state index >= 15 is 0 Å². The van der Waals surface area contributed by atoms with Gasteiger partial charge in [-0.2, -0.15) is 11.8 Å². The molecule has 66 valence electrons. The van der Waals surface area contributed by atoms with Gasteiger partial charge < -0.3 is 5.32 Å². The molecule has 0 aliphatic heterocycles. The molecule has 2 nitrogen and oxygen atoms in total. The SMILES string of the molecule is CCSCCNC(=O)CCBr. The first kappa shape index (κ1) is 11.3. The lowest BCUT2D eigenvalue weighted by Gasteiger charge is -2.01. The monoisotopic (exact) mass is 239 g/mol. The molecule has 0 unspecified atom stereocenters. The maximum Gasteiger partial charge on any atom is 0.220 e. The summed E-state index contributed by atoms with van der Waals surface area (Å²) in [6.07, 6.45) is 0.580. The average Bonchev–Trinajstić information content (AvgIpc) is 1.99. The van der Waals surface area contributed by atoms with Crippen molar-refractivity contribution >= 4 is 33.6 Å². The van der Waals surface area contributed by atoms with Gasteiger partial charge in [-0.05, 0) is 5.75 Å². The summed E-state index contributed by atoms with van der Waals surface area (Å²) >= 11 is 5.05. The molecule has 0 radical (unpaired) electrons. The second kappa shape index (κ2) is 8.40. The second-order valence-corrected chi connectivity index (χ2v) is 4.17. The predicted molar refractivity (Wildman–Crippen MR) is 54.4 cm³/mol. The normalized spacial score (nSPS) is 9.64. The quantitative estimate of drug-likeness (QED) is 0.565. The standard InChI is InChI=1S/C7H14BrNOS/c1-2-11-6-5-9-7(10)3-4-8/h2-6H2,1H3,(H,9,10). The Labute approximate surface area is 80.6 Å². The van der Waals surface area contributed by atoms with Gasteiger partial charge in [0.15, 0.2) is 0 Å². The summed E-state index contributed by atoms with van der Waals surface area (Å²) in [5.74, 6) is 2.28. The lowest BCUT2D eigenvalue weighted by molar-refractivity contribution is -0.120. The Morgan fingerprint density at radius 3 is 2.91 bits per heavy atom. The van der Waals surface area contributed by atoms with Crippen molar-refractivity contribution in [3.8, 4) is 0 Å². The van der Waals surface area contributed by atoms with Gasteiger partial charge in [0.05, 0.1) is 0 Å². The molecule has 0 heterocycles. The van der Waals surface area contributed by atoms with Crippen molar-refractivity contribution in [1.29, 1.82) is 0 Å². The molecule has 0 spiro atoms. The van der Waals surface area contributed by atoms with E-state index in [4.69, 9.17) is 0 Å². The van der Waals surface area contributed by atoms with Crippen LogP contribution in [0, 0.1) is 0 Å². The van der Waals surface area contributed by atoms with Crippen LogP contribution in [0.4, 0.5) is 0 Å². The van der Waals surface area contributed by atoms with Crippen LogP contribution in [0.25, 0.3) is 0 Å². The average molecular weight is 240 g/mol. The fourth-order valence-electron chi connectivity index (χ4n) is 0.581. The van der Waals surface area contributed by atoms with Crippen molar-refractivity contribution in [3.63, 3.8) is 0 Å². The maximum atomic E-state index is 10.9. The molecule has 0 aliphatic carbocycles. The molecule has 0 aromatic rings. The molecule has 0 bridgehead atoms. The van der Waals surface area contributed by atoms with Crippen molar-refractivity contribution in [2.24, 2.45) is 0 Å². The van der Waals surface area contributed by atoms with Crippen molar-refractivity contribution in [2.75, 3.05) is 23.4 Å². The first-order valence-corrected chi connectivity index (χ1v) is 5.99. The number of hydrogen-bond donors (Lipinski definition) is 1. The van der Waals surface area contributed by atoms with Crippen LogP contribution in [0.1, 0.15) is 13.3 Å². The topological polar surface area (TPSA) is 29.1 Å². The highest BCUT2D eigenvalue weighted by molar-refractivity contribution is 9.09. The minimum atomic E-state index is 0.138. The molecule has 0 atom stereocenters. The Hall–Kier alpha value is 0.300. The first-order valence-electron chi connectivity index (χ1n) is 3.71. The summed E-state index contributed by atoms with van der Waals surface area (Å²) in [5.41, 5.74) is 0. The van der Waals surface area contributed by atoms with Crippen LogP contribution < -0.4 is 5.32 Å². The van der Waals surface area contributed by atoms with E-state index in [2.05, 4.69) is 28.2 Å². The van der Waals surface area contributed by atoms with E-state index in [1.54, 1.807) is 0 Å². The summed E-state index contributed by atoms with van der Waals surface area (Å²) in [7, 11) is 0. The molecule has 4 heteroatoms. The molecule has 0 fully saturated rings. The highest BCUT2D eigenvalue weighted by Crippen LogP contribution is 1.95. The zero-order valence-electron chi connectivity index (χ0n) is 6.73. The van der Waals surface area contributed by atoms with Gasteiger partial charge in [-0.1, -0.05) is 22.9 Å². The minimum absolute atomic E-state index is 0.138. The van der Waals surface area contributed by atoms with Gasteiger partial charge in [-0.25, -0.2) is 0 Å². The van der Waals surface area contributed by atoms with E-state index < -0.39 is 0 Å². The van der Waals surface area contributed by atoms with E-state index in [0.717, 1.165) is 23.4 Å². The summed E-state index contributed by atoms with van der Waals surface area (Å²) in [6, 6.07) is 0. The number of hydrogen-bond acceptors (Lipinski definition) is 2. The van der Waals surface area contributed by atoms with Crippen LogP contribution in [-0.2, 0) is 4.79 Å². The summed E-state index contributed by atoms with van der Waals surface area (Å²) in [6.45, 7) is 2.91. The van der Waals surface area contributed by atoms with Crippen LogP contribution in [0.15, 0.2) is 0 Å². The van der Waals surface area contributed by atoms with E-state index in [1.807, 2.05) is 11.8 Å². The van der Waals surface area contributed by atoms with Crippen molar-refractivity contribution in [1.82, 2.24) is 5.32 Å². The second-order valence-electron chi connectivity index (χ2n) is 1.99. The summed E-state index contributed by atoms with van der Waals surface area (Å²) < 4.78 is 0. The molecule has 1 N–H and O–H groups in total. The highest BCUT2D eigenvalue weighted by atomic mass is 79.9. The largest absolute Gasteiger partial charge is 0.355 e. The Kier molecular flexibility index (Phi) is 8.63. The maximum absolute atomic E-state index is 10.9. The number of carbonyl (C=O) groups is 1. The fraction of sp³-hybridized carbons (Fsp3) is 0.857. The van der Waals surface area contributed by atoms with E-state index in [1.165, 1.54) is 0 Å². The molecule has 0 saturated heterocycles. The number of alkyl halides is 1. The van der Waals surface area contributed by atoms with Crippen LogP contribution in [-0.4, -0.2) is 29.3 Å². The van der Waals surface area contributed by atoms with Gasteiger partial charge in [-0.3, -0.25) is 4.79 Å². The zero-order valence-corrected chi connectivity index (χ0v) is 9.13. The van der Waals surface area contributed by atoms with Gasteiger partial charge in [-0.15, -0.1) is 0 Å². The lowest BCUT2D eigenvalue weighted by atomic mass is 10.4. The van der Waals surface area contributed by atoms with Gasteiger partial charge in [0, 0.05) is 24.0 Å². The summed E-state index contributed by atoms with van der Waals surface area (Å²) in [4.78, 5) is 10.9. The molecule has 11 heavy (non-hydrogen) atoms. The molecule has 0 aliphatic rings. The number of carbonyl (C=O) groups excluding carboxylic acids is 1. The summed E-state index contributed by atoms with van der Waals surface area (Å²) in [5, 5.41) is 3.58. The molecule has 0 aromatic heterocycles. The van der Waals surface area contributed by atoms with E-state index in [-0.39, 0.29) is 5.91 Å². The van der Waals surface area contributed by atoms with Crippen LogP contribution in [0.2, 0.25) is 0 Å². The third kappa shape index (κ3) is 8.20. The third-order valence-corrected chi connectivity index (χ3v) is 2.39. The zero-order chi connectivity index (χ0) is 8.53. The molecular weight excluding hydrogens is 226 g/mol. The number of amides is 1. The Balaban J connectivity index is 3.04. The highest BCUT2D eigenvalue weighted by Gasteiger charge is 1.96. The Bertz CT molecular complexity index is 111. The van der Waals surface area contributed by atoms with Gasteiger partial charge in [0.2, 0.25) is 5.91 Å². The first-order chi connectivity index (χ1) is 5.31. The van der Waals surface area contributed by atoms with Gasteiger partial charge in [0.1, 0.15) is 0 Å². The molecule has 0 aromatic carbocycles. The lowest BCUT2D eigenvalue weighted by Crippen LogP contribution is -2.25. The minimum Gasteiger partial charge on any atom is -0.355 e. The number of thioether (sulfide) groups is 1. The Morgan fingerprint density at radius 2 is 2.36 bits per heavy atom.